The molecule has 17 heteroatoms. The fraction of sp³-hybridized carbons (Fsp3) is 0.391. The Kier molecular flexibility index (Phi) is 10.2. The number of aliphatic hydroxyl groups is 1. The van der Waals surface area contributed by atoms with Gasteiger partial charge in [-0.05, 0) is 92.6 Å². The lowest BCUT2D eigenvalue weighted by Gasteiger charge is -2.44. The van der Waals surface area contributed by atoms with Gasteiger partial charge in [0, 0.05) is 75.0 Å². The molecule has 5 aromatic rings. The number of imide groups is 2. The molecule has 3 N–H and O–H groups in total. The number of amides is 4. The van der Waals surface area contributed by atoms with Gasteiger partial charge in [-0.2, -0.15) is 4.98 Å². The molecule has 4 amide bonds. The van der Waals surface area contributed by atoms with Gasteiger partial charge in [0.15, 0.2) is 11.5 Å². The second kappa shape index (κ2) is 15.9. The first-order valence-electron chi connectivity index (χ1n) is 21.8. The zero-order chi connectivity index (χ0) is 43.6. The maximum absolute atomic E-state index is 13.5. The van der Waals surface area contributed by atoms with E-state index in [4.69, 9.17) is 9.97 Å². The smallest absolute Gasteiger partial charge is 0.278 e. The highest BCUT2D eigenvalue weighted by atomic mass is 16.3. The Morgan fingerprint density at radius 2 is 1.59 bits per heavy atom. The second-order valence-electron chi connectivity index (χ2n) is 17.1. The fourth-order valence-corrected chi connectivity index (χ4v) is 9.99. The van der Waals surface area contributed by atoms with Gasteiger partial charge in [-0.1, -0.05) is 19.1 Å². The topological polar surface area (TPSA) is 191 Å². The van der Waals surface area contributed by atoms with Crippen molar-refractivity contribution in [1.82, 2.24) is 39.4 Å². The van der Waals surface area contributed by atoms with Crippen LogP contribution in [0.2, 0.25) is 0 Å². The highest BCUT2D eigenvalue weighted by molar-refractivity contribution is 6.23. The summed E-state index contributed by atoms with van der Waals surface area (Å²) in [7, 11) is 0. The number of nitrogens with one attached hydrogen (secondary N) is 2. The van der Waals surface area contributed by atoms with Gasteiger partial charge < -0.3 is 20.2 Å². The van der Waals surface area contributed by atoms with E-state index >= 15 is 0 Å². The average molecular weight is 852 g/mol. The molecule has 63 heavy (non-hydrogen) atoms. The van der Waals surface area contributed by atoms with Gasteiger partial charge in [0.1, 0.15) is 17.0 Å². The number of rotatable bonds is 10. The number of hydrogen-bond donors (Lipinski definition) is 3. The summed E-state index contributed by atoms with van der Waals surface area (Å²) in [6.45, 7) is 11.3. The number of carbonyl (C=O) groups excluding carboxylic acids is 4. The fourth-order valence-electron chi connectivity index (χ4n) is 9.99. The van der Waals surface area contributed by atoms with Crippen LogP contribution in [0, 0.1) is 0 Å². The third-order valence-corrected chi connectivity index (χ3v) is 13.6. The summed E-state index contributed by atoms with van der Waals surface area (Å²) in [5.74, 6) is -1.16. The van der Waals surface area contributed by atoms with Crippen LogP contribution in [0.3, 0.4) is 0 Å². The van der Waals surface area contributed by atoms with Crippen molar-refractivity contribution in [2.24, 2.45) is 0 Å². The lowest BCUT2D eigenvalue weighted by atomic mass is 9.98. The Balaban J connectivity index is 0.759. The summed E-state index contributed by atoms with van der Waals surface area (Å²) in [5, 5.41) is 17.2. The molecule has 3 aromatic heterocycles. The zero-order valence-electron chi connectivity index (χ0n) is 35.1. The highest BCUT2D eigenvalue weighted by Gasteiger charge is 2.45. The molecule has 324 valence electrons. The molecule has 3 fully saturated rings. The molecule has 2 atom stereocenters. The van der Waals surface area contributed by atoms with E-state index < -0.39 is 35.3 Å². The van der Waals surface area contributed by atoms with E-state index in [0.717, 1.165) is 86.1 Å². The number of anilines is 4. The molecule has 0 saturated carbocycles. The van der Waals surface area contributed by atoms with Crippen LogP contribution in [0.5, 0.6) is 0 Å². The number of carbonyl (C=O) groups is 4. The summed E-state index contributed by atoms with van der Waals surface area (Å²) < 4.78 is 3.23. The van der Waals surface area contributed by atoms with Gasteiger partial charge in [0.25, 0.3) is 17.4 Å². The zero-order valence-corrected chi connectivity index (χ0v) is 35.1. The van der Waals surface area contributed by atoms with Crippen LogP contribution in [0.15, 0.2) is 78.2 Å². The molecule has 5 aliphatic rings. The van der Waals surface area contributed by atoms with Crippen molar-refractivity contribution in [3.8, 4) is 5.82 Å². The van der Waals surface area contributed by atoms with E-state index in [1.54, 1.807) is 22.9 Å². The molecule has 0 radical (unpaired) electrons. The van der Waals surface area contributed by atoms with E-state index in [1.807, 2.05) is 37.3 Å². The molecule has 1 aliphatic carbocycles. The first kappa shape index (κ1) is 40.4. The second-order valence-corrected chi connectivity index (χ2v) is 17.1. The third-order valence-electron chi connectivity index (χ3n) is 13.6. The van der Waals surface area contributed by atoms with Crippen molar-refractivity contribution in [3.63, 3.8) is 0 Å². The number of allylic oxidation sites excluding steroid dienone is 1. The van der Waals surface area contributed by atoms with Gasteiger partial charge in [-0.25, -0.2) is 19.3 Å². The lowest BCUT2D eigenvalue weighted by Crippen LogP contribution is -2.54. The SMILES string of the molecule is C=CCn1c(=O)c2cnc(Nc3ccc(N4CCN(C5CCN(c6ccc7c(c6)C(=O)N(C6CCC(=O)NC6=O)C7=O)CC5)CC4)cc3)nc2n1-c1ccc2c(n1)[C@@](O)(CC)CC2. The Bertz CT molecular complexity index is 2750. The molecule has 3 saturated heterocycles. The third kappa shape index (κ3) is 7.04. The predicted molar refractivity (Wildman–Crippen MR) is 235 cm³/mol. The van der Waals surface area contributed by atoms with Crippen LogP contribution in [-0.4, -0.2) is 114 Å². The van der Waals surface area contributed by atoms with Crippen molar-refractivity contribution >= 4 is 57.7 Å². The van der Waals surface area contributed by atoms with Gasteiger partial charge in [0.2, 0.25) is 17.8 Å². The summed E-state index contributed by atoms with van der Waals surface area (Å²) in [4.78, 5) is 86.7. The minimum atomic E-state index is -1.01. The van der Waals surface area contributed by atoms with Crippen molar-refractivity contribution in [2.45, 2.75) is 76.1 Å². The van der Waals surface area contributed by atoms with Crippen LogP contribution in [0.1, 0.15) is 77.4 Å². The summed E-state index contributed by atoms with van der Waals surface area (Å²) in [5.41, 5.74) is 4.21. The van der Waals surface area contributed by atoms with Crippen molar-refractivity contribution in [2.75, 3.05) is 54.4 Å². The molecule has 4 aliphatic heterocycles. The summed E-state index contributed by atoms with van der Waals surface area (Å²) in [6, 6.07) is 16.8. The molecule has 1 unspecified atom stereocenters. The standard InChI is InChI=1S/C46H49N11O6/c1-3-19-55-42(60)35-27-47-45(51-40(35)57(55)37-13-5-28-15-18-46(63,4-2)39(28)49-37)48-29-6-8-30(9-7-29)53-22-24-54(25-23-53)31-16-20-52(21-17-31)32-10-11-33-34(26-32)44(62)56(43(33)61)36-12-14-38(58)50-41(36)59/h3,5-11,13,26-27,31,36,63H,1,4,12,14-25H2,2H3,(H,47,48,51)(H,50,58,59)/t36?,46-/m1/s1. The van der Waals surface area contributed by atoms with Crippen LogP contribution in [0.4, 0.5) is 23.0 Å². The molecular weight excluding hydrogens is 803 g/mol. The monoisotopic (exact) mass is 851 g/mol. The van der Waals surface area contributed by atoms with Crippen molar-refractivity contribution < 1.29 is 24.3 Å². The van der Waals surface area contributed by atoms with E-state index in [1.165, 1.54) is 10.9 Å². The number of aryl methyl sites for hydroxylation is 1. The molecule has 2 aromatic carbocycles. The lowest BCUT2D eigenvalue weighted by molar-refractivity contribution is -0.136. The number of piperidine rings is 2. The van der Waals surface area contributed by atoms with E-state index in [-0.39, 0.29) is 24.9 Å². The van der Waals surface area contributed by atoms with Crippen molar-refractivity contribution in [1.29, 1.82) is 0 Å². The molecule has 17 nitrogen and oxygen atoms in total. The number of pyridine rings is 1. The number of hydrogen-bond acceptors (Lipinski definition) is 13. The molecule has 7 heterocycles. The minimum Gasteiger partial charge on any atom is -0.384 e. The quantitative estimate of drug-likeness (QED) is 0.137. The normalized spacial score (nSPS) is 21.9. The van der Waals surface area contributed by atoms with Crippen molar-refractivity contribution in [3.05, 3.63) is 106 Å². The maximum atomic E-state index is 13.5. The van der Waals surface area contributed by atoms with Gasteiger partial charge >= 0.3 is 0 Å². The highest BCUT2D eigenvalue weighted by Crippen LogP contribution is 2.39. The van der Waals surface area contributed by atoms with Crippen LogP contribution >= 0.6 is 0 Å². The van der Waals surface area contributed by atoms with Gasteiger partial charge in [-0.3, -0.25) is 39.1 Å². The number of aromatic nitrogens is 5. The van der Waals surface area contributed by atoms with Crippen LogP contribution < -0.4 is 26.0 Å². The maximum Gasteiger partial charge on any atom is 0.278 e. The Morgan fingerprint density at radius 3 is 2.32 bits per heavy atom. The van der Waals surface area contributed by atoms with Gasteiger partial charge in [-0.15, -0.1) is 6.58 Å². The number of nitrogens with zero attached hydrogens (tertiary/aromatic N) is 9. The largest absolute Gasteiger partial charge is 0.384 e. The number of fused-ring (bicyclic) bond motifs is 3. The van der Waals surface area contributed by atoms with E-state index in [9.17, 15) is 29.1 Å². The summed E-state index contributed by atoms with van der Waals surface area (Å²) in [6.07, 6.45) is 7.26. The molecule has 0 spiro atoms. The molecular formula is C46H49N11O6. The summed E-state index contributed by atoms with van der Waals surface area (Å²) >= 11 is 0. The van der Waals surface area contributed by atoms with Crippen LogP contribution in [-0.2, 0) is 28.2 Å². The molecule has 10 rings (SSSR count). The Labute approximate surface area is 363 Å². The van der Waals surface area contributed by atoms with Crippen LogP contribution in [0.25, 0.3) is 16.9 Å². The average Bonchev–Trinajstić information content (AvgIpc) is 3.88. The van der Waals surface area contributed by atoms with E-state index in [2.05, 4.69) is 49.0 Å². The first-order chi connectivity index (χ1) is 30.5. The Hall–Kier alpha value is -6.72. The molecule has 0 bridgehead atoms. The number of benzene rings is 2. The predicted octanol–water partition coefficient (Wildman–Crippen LogP) is 3.64. The Morgan fingerprint density at radius 1 is 0.857 bits per heavy atom. The minimum absolute atomic E-state index is 0.0865. The first-order valence-corrected chi connectivity index (χ1v) is 21.8. The number of piperazine rings is 1. The van der Waals surface area contributed by atoms with E-state index in [0.29, 0.717) is 58.5 Å². The van der Waals surface area contributed by atoms with Gasteiger partial charge in [0.05, 0.1) is 23.4 Å².